The van der Waals surface area contributed by atoms with Crippen molar-refractivity contribution in [1.82, 2.24) is 0 Å². The number of ether oxygens (including phenoxy) is 2. The molecule has 7 heteroatoms. The summed E-state index contributed by atoms with van der Waals surface area (Å²) in [5.41, 5.74) is 3.65. The molecule has 0 N–H and O–H groups in total. The van der Waals surface area contributed by atoms with Gasteiger partial charge in [0.25, 0.3) is 0 Å². The van der Waals surface area contributed by atoms with Gasteiger partial charge < -0.3 is 14.0 Å². The Kier molecular flexibility index (Phi) is 11.0. The van der Waals surface area contributed by atoms with Crippen LogP contribution in [-0.2, 0) is 20.5 Å². The second-order valence-electron chi connectivity index (χ2n) is 8.20. The zero-order valence-electron chi connectivity index (χ0n) is 19.0. The molecular weight excluding hydrogens is 540 g/mol. The number of fused-ring (bicyclic) bond motifs is 3. The van der Waals surface area contributed by atoms with E-state index in [9.17, 15) is 4.79 Å². The van der Waals surface area contributed by atoms with E-state index in [0.29, 0.717) is 0 Å². The number of rotatable bonds is 9. The number of carbonyl (C=O) groups is 1. The van der Waals surface area contributed by atoms with Crippen LogP contribution >= 0.6 is 9.03 Å². The summed E-state index contributed by atoms with van der Waals surface area (Å²) < 4.78 is 22.9. The number of aryl methyl sites for hydroxylation is 1. The second kappa shape index (κ2) is 12.7. The van der Waals surface area contributed by atoms with Crippen LogP contribution in [0.25, 0.3) is 0 Å². The zero-order valence-corrected chi connectivity index (χ0v) is 23.7. The molecule has 1 aliphatic heterocycles. The van der Waals surface area contributed by atoms with Gasteiger partial charge in [-0.15, -0.1) is 0 Å². The Bertz CT molecular complexity index is 822. The molecule has 4 atom stereocenters. The fraction of sp³-hybridized carbons (Fsp3) is 0.542. The molecule has 0 saturated heterocycles. The average molecular weight is 573 g/mol. The summed E-state index contributed by atoms with van der Waals surface area (Å²) in [5.74, 6) is 2.56. The van der Waals surface area contributed by atoms with Gasteiger partial charge in [0.1, 0.15) is 17.3 Å². The molecular formula is C24H33O5PPr. The van der Waals surface area contributed by atoms with Crippen molar-refractivity contribution in [1.29, 1.82) is 0 Å². The van der Waals surface area contributed by atoms with Crippen molar-refractivity contribution in [3.8, 4) is 11.5 Å². The Labute approximate surface area is 221 Å². The molecule has 1 heterocycles. The molecule has 31 heavy (non-hydrogen) atoms. The van der Waals surface area contributed by atoms with Gasteiger partial charge >= 0.3 is 5.97 Å². The molecule has 1 radical (unpaired) electrons. The standard InChI is InChI=1S/C24H33O5P.Pr/c1-6-7-8-9-19-13-22-24(21-12-15(2)10-11-20(21)16(3)26-22)23(14-19)29-30-28-18(5)27-17(4)25;/h12-14,18,20-21,30H,3,6-11H2,1-2,4-5H3;. The predicted octanol–water partition coefficient (Wildman–Crippen LogP) is 6.58. The summed E-state index contributed by atoms with van der Waals surface area (Å²) in [6, 6.07) is 4.26. The number of allylic oxidation sites excluding steroid dienone is 3. The van der Waals surface area contributed by atoms with E-state index in [4.69, 9.17) is 18.5 Å². The molecule has 0 saturated carbocycles. The van der Waals surface area contributed by atoms with Crippen LogP contribution in [-0.4, -0.2) is 12.3 Å². The number of unbranched alkanes of at least 4 members (excludes halogenated alkanes) is 2. The van der Waals surface area contributed by atoms with Gasteiger partial charge in [-0.3, -0.25) is 9.32 Å². The quantitative estimate of drug-likeness (QED) is 0.110. The molecule has 1 aliphatic carbocycles. The zero-order chi connectivity index (χ0) is 21.7. The van der Waals surface area contributed by atoms with E-state index in [2.05, 4.69) is 38.6 Å². The molecule has 0 bridgehead atoms. The monoisotopic (exact) mass is 573 g/mol. The summed E-state index contributed by atoms with van der Waals surface area (Å²) in [4.78, 5) is 11.1. The van der Waals surface area contributed by atoms with Gasteiger partial charge in [-0.2, -0.15) is 0 Å². The number of hydrogen-bond donors (Lipinski definition) is 0. The Morgan fingerprint density at radius 2 is 2.13 bits per heavy atom. The van der Waals surface area contributed by atoms with Crippen molar-refractivity contribution < 1.29 is 64.6 Å². The molecule has 4 unspecified atom stereocenters. The van der Waals surface area contributed by atoms with E-state index in [-0.39, 0.29) is 68.1 Å². The van der Waals surface area contributed by atoms with Crippen molar-refractivity contribution in [2.45, 2.75) is 78.4 Å². The first-order chi connectivity index (χ1) is 14.4. The van der Waals surface area contributed by atoms with Gasteiger partial charge in [0.15, 0.2) is 0 Å². The minimum absolute atomic E-state index is 0. The fourth-order valence-electron chi connectivity index (χ4n) is 4.20. The van der Waals surface area contributed by atoms with Crippen LogP contribution < -0.4 is 9.26 Å². The van der Waals surface area contributed by atoms with Crippen LogP contribution in [0.1, 0.15) is 76.8 Å². The summed E-state index contributed by atoms with van der Waals surface area (Å²) in [5, 5.41) is 0. The van der Waals surface area contributed by atoms with Crippen molar-refractivity contribution in [2.75, 3.05) is 0 Å². The van der Waals surface area contributed by atoms with Crippen LogP contribution in [0.5, 0.6) is 11.5 Å². The summed E-state index contributed by atoms with van der Waals surface area (Å²) in [7, 11) is -0.277. The van der Waals surface area contributed by atoms with Gasteiger partial charge in [0.05, 0.1) is 0 Å². The van der Waals surface area contributed by atoms with Gasteiger partial charge in [0, 0.05) is 65.6 Å². The third-order valence-corrected chi connectivity index (χ3v) is 6.40. The molecule has 5 nitrogen and oxygen atoms in total. The third-order valence-electron chi connectivity index (χ3n) is 5.67. The molecule has 2 aliphatic rings. The van der Waals surface area contributed by atoms with Gasteiger partial charge in [-0.05, 0) is 57.2 Å². The van der Waals surface area contributed by atoms with E-state index in [1.807, 2.05) is 0 Å². The van der Waals surface area contributed by atoms with Crippen molar-refractivity contribution in [2.24, 2.45) is 5.92 Å². The minimum Gasteiger partial charge on any atom is -0.462 e. The maximum atomic E-state index is 11.1. The number of carbonyl (C=O) groups excluding carboxylic acids is 1. The molecule has 0 fully saturated rings. The number of hydrogen-bond acceptors (Lipinski definition) is 5. The molecule has 0 aromatic heterocycles. The second-order valence-corrected chi connectivity index (χ2v) is 8.80. The normalized spacial score (nSPS) is 20.8. The maximum Gasteiger partial charge on any atom is 0.304 e. The van der Waals surface area contributed by atoms with Crippen molar-refractivity contribution >= 4 is 15.0 Å². The summed E-state index contributed by atoms with van der Waals surface area (Å²) in [6.07, 6.45) is 8.25. The first kappa shape index (κ1) is 26.8. The molecule has 1 aromatic rings. The van der Waals surface area contributed by atoms with E-state index < -0.39 is 6.29 Å². The first-order valence-corrected chi connectivity index (χ1v) is 11.7. The van der Waals surface area contributed by atoms with Crippen LogP contribution in [0.2, 0.25) is 0 Å². The smallest absolute Gasteiger partial charge is 0.304 e. The Morgan fingerprint density at radius 3 is 2.84 bits per heavy atom. The molecule has 167 valence electrons. The Hall–Kier alpha value is -0.476. The summed E-state index contributed by atoms with van der Waals surface area (Å²) in [6.45, 7) is 11.6. The van der Waals surface area contributed by atoms with E-state index >= 15 is 0 Å². The number of benzene rings is 1. The van der Waals surface area contributed by atoms with Crippen LogP contribution in [0.15, 0.2) is 36.1 Å². The average Bonchev–Trinajstić information content (AvgIpc) is 2.67. The summed E-state index contributed by atoms with van der Waals surface area (Å²) >= 11 is 0. The third kappa shape index (κ3) is 7.25. The van der Waals surface area contributed by atoms with Crippen LogP contribution in [0, 0.1) is 47.2 Å². The van der Waals surface area contributed by atoms with Gasteiger partial charge in [-0.1, -0.05) is 38.0 Å². The van der Waals surface area contributed by atoms with E-state index in [1.54, 1.807) is 6.92 Å². The fourth-order valence-corrected chi connectivity index (χ4v) is 4.69. The van der Waals surface area contributed by atoms with Crippen LogP contribution in [0.4, 0.5) is 0 Å². The van der Waals surface area contributed by atoms with E-state index in [0.717, 1.165) is 48.5 Å². The van der Waals surface area contributed by atoms with Crippen LogP contribution in [0.3, 0.4) is 0 Å². The Balaban J connectivity index is 0.00000341. The van der Waals surface area contributed by atoms with Crippen molar-refractivity contribution in [3.05, 3.63) is 47.2 Å². The number of esters is 1. The van der Waals surface area contributed by atoms with Gasteiger partial charge in [0.2, 0.25) is 15.3 Å². The largest absolute Gasteiger partial charge is 0.462 e. The SMILES string of the molecule is C=C1Oc2cc(CCCCC)cc(OPOC(C)OC(C)=O)c2C2C=C(C)CCC12.[Pr]. The topological polar surface area (TPSA) is 54.0 Å². The first-order valence-electron chi connectivity index (χ1n) is 10.8. The molecule has 0 spiro atoms. The van der Waals surface area contributed by atoms with E-state index in [1.165, 1.54) is 30.9 Å². The Morgan fingerprint density at radius 1 is 1.35 bits per heavy atom. The van der Waals surface area contributed by atoms with Crippen molar-refractivity contribution in [3.63, 3.8) is 0 Å². The molecule has 3 rings (SSSR count). The molecule has 1 aromatic carbocycles. The van der Waals surface area contributed by atoms with Gasteiger partial charge in [-0.25, -0.2) is 0 Å². The minimum atomic E-state index is -0.648. The predicted molar refractivity (Wildman–Crippen MR) is 120 cm³/mol. The maximum absolute atomic E-state index is 11.1. The molecule has 0 amide bonds.